The molecule has 1 saturated carbocycles. The minimum Gasteiger partial charge on any atom is -0.488 e. The number of nitrogens with zero attached hydrogens (tertiary/aromatic N) is 2. The highest BCUT2D eigenvalue weighted by atomic mass is 32.1. The van der Waals surface area contributed by atoms with Crippen LogP contribution in [0.2, 0.25) is 0 Å². The van der Waals surface area contributed by atoms with Crippen molar-refractivity contribution in [2.75, 3.05) is 5.32 Å². The predicted octanol–water partition coefficient (Wildman–Crippen LogP) is 3.80. The summed E-state index contributed by atoms with van der Waals surface area (Å²) in [5.41, 5.74) is 0.816. The Balaban J connectivity index is 1.31. The van der Waals surface area contributed by atoms with Gasteiger partial charge in [0.2, 0.25) is 5.91 Å². The van der Waals surface area contributed by atoms with Crippen LogP contribution in [0.5, 0.6) is 5.75 Å². The molecule has 1 aliphatic carbocycles. The monoisotopic (exact) mass is 397 g/mol. The first-order valence-electron chi connectivity index (χ1n) is 9.35. The van der Waals surface area contributed by atoms with Gasteiger partial charge in [0.15, 0.2) is 5.13 Å². The van der Waals surface area contributed by atoms with Crippen LogP contribution >= 0.6 is 11.3 Å². The van der Waals surface area contributed by atoms with Gasteiger partial charge in [-0.3, -0.25) is 9.78 Å². The lowest BCUT2D eigenvalue weighted by Crippen LogP contribution is -2.40. The molecule has 2 aromatic heterocycles. The Morgan fingerprint density at radius 2 is 2.11 bits per heavy atom. The average molecular weight is 398 g/mol. The molecule has 3 aromatic rings. The van der Waals surface area contributed by atoms with Crippen molar-refractivity contribution in [3.05, 3.63) is 47.6 Å². The molecule has 146 valence electrons. The van der Waals surface area contributed by atoms with E-state index < -0.39 is 5.60 Å². The number of anilines is 1. The Hall–Kier alpha value is -2.51. The van der Waals surface area contributed by atoms with Gasteiger partial charge in [0, 0.05) is 29.3 Å². The highest BCUT2D eigenvalue weighted by Crippen LogP contribution is 2.34. The smallest absolute Gasteiger partial charge is 0.229 e. The van der Waals surface area contributed by atoms with Gasteiger partial charge in [-0.2, -0.15) is 0 Å². The van der Waals surface area contributed by atoms with Crippen molar-refractivity contribution in [3.63, 3.8) is 0 Å². The molecule has 4 rings (SSSR count). The lowest BCUT2D eigenvalue weighted by Gasteiger charge is -2.34. The number of fused-ring (bicyclic) bond motifs is 1. The molecule has 0 radical (unpaired) electrons. The Morgan fingerprint density at radius 1 is 1.32 bits per heavy atom. The molecule has 7 heteroatoms. The summed E-state index contributed by atoms with van der Waals surface area (Å²) in [6, 6.07) is 9.79. The zero-order valence-corrected chi connectivity index (χ0v) is 16.7. The number of rotatable bonds is 6. The van der Waals surface area contributed by atoms with E-state index in [9.17, 15) is 9.90 Å². The van der Waals surface area contributed by atoms with E-state index in [0.717, 1.165) is 22.3 Å². The molecule has 0 spiro atoms. The van der Waals surface area contributed by atoms with Crippen molar-refractivity contribution in [2.45, 2.75) is 44.8 Å². The fourth-order valence-corrected chi connectivity index (χ4v) is 4.04. The molecular weight excluding hydrogens is 374 g/mol. The first-order valence-corrected chi connectivity index (χ1v) is 10.2. The summed E-state index contributed by atoms with van der Waals surface area (Å²) in [6.07, 6.45) is 3.59. The Morgan fingerprint density at radius 3 is 2.89 bits per heavy atom. The summed E-state index contributed by atoms with van der Waals surface area (Å²) in [5.74, 6) is 0.660. The van der Waals surface area contributed by atoms with Crippen LogP contribution in [0.3, 0.4) is 0 Å². The van der Waals surface area contributed by atoms with Crippen LogP contribution in [0.1, 0.15) is 32.4 Å². The molecule has 28 heavy (non-hydrogen) atoms. The number of hydrogen-bond donors (Lipinski definition) is 2. The molecule has 0 aliphatic heterocycles. The number of pyridine rings is 1. The first kappa shape index (κ1) is 18.8. The van der Waals surface area contributed by atoms with Crippen LogP contribution in [0, 0.1) is 5.92 Å². The van der Waals surface area contributed by atoms with Crippen molar-refractivity contribution < 1.29 is 14.6 Å². The van der Waals surface area contributed by atoms with Crippen molar-refractivity contribution in [1.82, 2.24) is 9.97 Å². The van der Waals surface area contributed by atoms with Crippen molar-refractivity contribution >= 4 is 33.3 Å². The molecule has 2 N–H and O–H groups in total. The van der Waals surface area contributed by atoms with E-state index >= 15 is 0 Å². The second-order valence-electron chi connectivity index (χ2n) is 7.86. The van der Waals surface area contributed by atoms with Gasteiger partial charge >= 0.3 is 0 Å². The largest absolute Gasteiger partial charge is 0.488 e. The molecule has 1 fully saturated rings. The summed E-state index contributed by atoms with van der Waals surface area (Å²) < 4.78 is 6.07. The quantitative estimate of drug-likeness (QED) is 0.661. The molecule has 1 amide bonds. The van der Waals surface area contributed by atoms with Crippen molar-refractivity contribution in [1.29, 1.82) is 0 Å². The topological polar surface area (TPSA) is 84.3 Å². The second-order valence-corrected chi connectivity index (χ2v) is 8.72. The lowest BCUT2D eigenvalue weighted by atomic mass is 9.81. The number of aliphatic hydroxyl groups is 1. The van der Waals surface area contributed by atoms with Gasteiger partial charge in [-0.25, -0.2) is 4.98 Å². The van der Waals surface area contributed by atoms with Gasteiger partial charge < -0.3 is 15.2 Å². The number of aromatic nitrogens is 2. The average Bonchev–Trinajstić information content (AvgIpc) is 3.02. The second kappa shape index (κ2) is 7.48. The van der Waals surface area contributed by atoms with Crippen LogP contribution in [0.25, 0.3) is 10.9 Å². The zero-order valence-electron chi connectivity index (χ0n) is 15.9. The predicted molar refractivity (Wildman–Crippen MR) is 110 cm³/mol. The zero-order chi connectivity index (χ0) is 19.7. The number of para-hydroxylation sites is 1. The maximum atomic E-state index is 12.4. The third-order valence-electron chi connectivity index (χ3n) is 4.75. The first-order chi connectivity index (χ1) is 13.4. The minimum absolute atomic E-state index is 0.0189. The van der Waals surface area contributed by atoms with E-state index in [4.69, 9.17) is 4.74 Å². The highest BCUT2D eigenvalue weighted by Gasteiger charge is 2.36. The number of amides is 1. The summed E-state index contributed by atoms with van der Waals surface area (Å²) in [4.78, 5) is 21.2. The molecule has 0 bridgehead atoms. The normalized spacial score (nSPS) is 19.2. The summed E-state index contributed by atoms with van der Waals surface area (Å²) in [7, 11) is 0. The van der Waals surface area contributed by atoms with Crippen molar-refractivity contribution in [2.24, 2.45) is 5.92 Å². The molecule has 1 aromatic carbocycles. The minimum atomic E-state index is -0.815. The van der Waals surface area contributed by atoms with Crippen LogP contribution in [0.15, 0.2) is 41.9 Å². The van der Waals surface area contributed by atoms with Gasteiger partial charge in [-0.05, 0) is 38.8 Å². The fraction of sp³-hybridized carbons (Fsp3) is 0.381. The molecule has 0 atom stereocenters. The lowest BCUT2D eigenvalue weighted by molar-refractivity contribution is -0.125. The Bertz CT molecular complexity index is 984. The van der Waals surface area contributed by atoms with Crippen LogP contribution in [0.4, 0.5) is 5.13 Å². The number of nitrogens with one attached hydrogen (secondary N) is 1. The van der Waals surface area contributed by atoms with Gasteiger partial charge in [0.1, 0.15) is 17.4 Å². The number of ether oxygens (including phenoxy) is 1. The molecule has 2 heterocycles. The maximum absolute atomic E-state index is 12.4. The fourth-order valence-electron chi connectivity index (χ4n) is 3.32. The van der Waals surface area contributed by atoms with E-state index in [1.54, 1.807) is 20.0 Å². The number of benzene rings is 1. The highest BCUT2D eigenvalue weighted by molar-refractivity contribution is 7.13. The number of carbonyl (C=O) groups excluding carboxylic acids is 1. The molecule has 6 nitrogen and oxygen atoms in total. The Labute approximate surface area is 167 Å². The molecule has 0 saturated heterocycles. The third kappa shape index (κ3) is 4.31. The summed E-state index contributed by atoms with van der Waals surface area (Å²) in [5, 5.41) is 16.2. The summed E-state index contributed by atoms with van der Waals surface area (Å²) in [6.45, 7) is 3.48. The van der Waals surface area contributed by atoms with E-state index in [-0.39, 0.29) is 17.9 Å². The number of carbonyl (C=O) groups is 1. The van der Waals surface area contributed by atoms with E-state index in [1.165, 1.54) is 11.3 Å². The third-order valence-corrected chi connectivity index (χ3v) is 5.56. The SMILES string of the molecule is CC(C)(O)Cc1csc(NC(=O)[C@H]2C[C@H](Oc3cccc4cccnc34)C2)n1. The van der Waals surface area contributed by atoms with Crippen LogP contribution in [-0.4, -0.2) is 32.7 Å². The van der Waals surface area contributed by atoms with Gasteiger partial charge in [0.05, 0.1) is 11.3 Å². The van der Waals surface area contributed by atoms with Crippen LogP contribution in [-0.2, 0) is 11.2 Å². The van der Waals surface area contributed by atoms with E-state index in [2.05, 4.69) is 15.3 Å². The van der Waals surface area contributed by atoms with Crippen molar-refractivity contribution in [3.8, 4) is 5.75 Å². The van der Waals surface area contributed by atoms with Gasteiger partial charge in [0.25, 0.3) is 0 Å². The number of hydrogen-bond acceptors (Lipinski definition) is 6. The molecule has 0 unspecified atom stereocenters. The van der Waals surface area contributed by atoms with E-state index in [1.807, 2.05) is 35.7 Å². The standard InChI is InChI=1S/C21H23N3O3S/c1-21(2,26)11-15-12-28-20(23-15)24-19(25)14-9-16(10-14)27-17-7-3-5-13-6-4-8-22-18(13)17/h3-8,12,14,16,26H,9-11H2,1-2H3,(H,23,24,25)/t14-,16-. The van der Waals surface area contributed by atoms with Gasteiger partial charge in [-0.1, -0.05) is 18.2 Å². The summed E-state index contributed by atoms with van der Waals surface area (Å²) >= 11 is 1.38. The Kier molecular flexibility index (Phi) is 5.03. The maximum Gasteiger partial charge on any atom is 0.229 e. The molecular formula is C21H23N3O3S. The number of thiazole rings is 1. The van der Waals surface area contributed by atoms with Crippen LogP contribution < -0.4 is 10.1 Å². The van der Waals surface area contributed by atoms with E-state index in [0.29, 0.717) is 24.4 Å². The van der Waals surface area contributed by atoms with Gasteiger partial charge in [-0.15, -0.1) is 11.3 Å². The molecule has 1 aliphatic rings.